The number of nitriles is 1. The summed E-state index contributed by atoms with van der Waals surface area (Å²) in [5, 5.41) is 8.63. The summed E-state index contributed by atoms with van der Waals surface area (Å²) in [5.74, 6) is 0. The van der Waals surface area contributed by atoms with Gasteiger partial charge in [-0.25, -0.2) is 0 Å². The van der Waals surface area contributed by atoms with E-state index in [1.54, 1.807) is 0 Å². The van der Waals surface area contributed by atoms with E-state index in [-0.39, 0.29) is 12.3 Å². The Morgan fingerprint density at radius 1 is 1.30 bits per heavy atom. The molecule has 8 N–H and O–H groups in total. The molecule has 0 unspecified atom stereocenters. The van der Waals surface area contributed by atoms with E-state index in [1.807, 2.05) is 0 Å². The van der Waals surface area contributed by atoms with Crippen molar-refractivity contribution in [2.75, 3.05) is 0 Å². The molecule has 0 aliphatic rings. The first-order chi connectivity index (χ1) is 3.41. The molecule has 64 valence electrons. The lowest BCUT2D eigenvalue weighted by molar-refractivity contribution is 0.381. The molecule has 10 heavy (non-hydrogen) atoms. The molecule has 0 aromatic carbocycles. The van der Waals surface area contributed by atoms with Gasteiger partial charge in [-0.05, 0) is 0 Å². The summed E-state index contributed by atoms with van der Waals surface area (Å²) in [6.45, 7) is 0. The zero-order chi connectivity index (χ0) is 7.21. The van der Waals surface area contributed by atoms with Crippen LogP contribution < -0.4 is 12.3 Å². The summed E-state index contributed by atoms with van der Waals surface area (Å²) in [4.78, 5) is 0. The molecule has 0 fully saturated rings. The van der Waals surface area contributed by atoms with Crippen LogP contribution in [0.15, 0.2) is 0 Å². The molecule has 0 aromatic rings. The Morgan fingerprint density at radius 3 is 1.30 bits per heavy atom. The van der Waals surface area contributed by atoms with Crippen molar-refractivity contribution in [2.45, 2.75) is 0 Å². The Hall–Kier alpha value is -0.370. The van der Waals surface area contributed by atoms with Crippen molar-refractivity contribution in [1.82, 2.24) is 12.3 Å². The molecular formula is CH9N3O4S2. The van der Waals surface area contributed by atoms with E-state index in [2.05, 4.69) is 12.6 Å². The number of rotatable bonds is 0. The first-order valence-electron chi connectivity index (χ1n) is 1.15. The van der Waals surface area contributed by atoms with Gasteiger partial charge < -0.3 is 12.3 Å². The van der Waals surface area contributed by atoms with Crippen LogP contribution in [0, 0.1) is 10.7 Å². The third-order valence-electron chi connectivity index (χ3n) is 0. The molecule has 0 heterocycles. The Kier molecular flexibility index (Phi) is 25.9. The van der Waals surface area contributed by atoms with Gasteiger partial charge in [-0.1, -0.05) is 12.6 Å². The molecule has 0 aliphatic carbocycles. The highest BCUT2D eigenvalue weighted by molar-refractivity contribution is 7.85. The maximum absolute atomic E-state index is 8.74. The standard InChI is InChI=1S/CHNS.2H3N.H2O4S/c2-1-3;;;1-5(2,3)4/h3H;2*1H3;(H2,1,2,3,4). The monoisotopic (exact) mass is 191 g/mol. The van der Waals surface area contributed by atoms with E-state index in [9.17, 15) is 0 Å². The highest BCUT2D eigenvalue weighted by atomic mass is 32.3. The maximum Gasteiger partial charge on any atom is 0.394 e. The SMILES string of the molecule is N.N.N#CS.O=S(=O)(O)O. The fraction of sp³-hybridized carbons (Fsp3) is 0. The van der Waals surface area contributed by atoms with E-state index >= 15 is 0 Å². The third kappa shape index (κ3) is 2450. The fourth-order valence-electron chi connectivity index (χ4n) is 0. The van der Waals surface area contributed by atoms with Crippen LogP contribution in [0.1, 0.15) is 0 Å². The highest BCUT2D eigenvalue weighted by Crippen LogP contribution is 1.59. The van der Waals surface area contributed by atoms with Crippen LogP contribution in [0.2, 0.25) is 0 Å². The van der Waals surface area contributed by atoms with E-state index in [0.717, 1.165) is 0 Å². The van der Waals surface area contributed by atoms with E-state index in [4.69, 9.17) is 22.8 Å². The smallest absolute Gasteiger partial charge is 0.344 e. The third-order valence-corrected chi connectivity index (χ3v) is 0. The number of hydrogen-bond donors (Lipinski definition) is 5. The minimum Gasteiger partial charge on any atom is -0.344 e. The summed E-state index contributed by atoms with van der Waals surface area (Å²) >= 11 is 3.09. The van der Waals surface area contributed by atoms with Gasteiger partial charge in [0, 0.05) is 0 Å². The minimum absolute atomic E-state index is 0. The van der Waals surface area contributed by atoms with Crippen molar-refractivity contribution >= 4 is 23.0 Å². The van der Waals surface area contributed by atoms with Crippen molar-refractivity contribution in [3.63, 3.8) is 0 Å². The average molecular weight is 191 g/mol. The van der Waals surface area contributed by atoms with Gasteiger partial charge >= 0.3 is 10.4 Å². The second kappa shape index (κ2) is 11.4. The largest absolute Gasteiger partial charge is 0.394 e. The Balaban J connectivity index is -0.0000000326. The number of hydrogen-bond acceptors (Lipinski definition) is 6. The second-order valence-electron chi connectivity index (χ2n) is 0.548. The summed E-state index contributed by atoms with van der Waals surface area (Å²) < 4.78 is 31.6. The topological polar surface area (TPSA) is 168 Å². The molecule has 7 nitrogen and oxygen atoms in total. The van der Waals surface area contributed by atoms with Gasteiger partial charge in [-0.2, -0.15) is 13.7 Å². The highest BCUT2D eigenvalue weighted by Gasteiger charge is 1.84. The zero-order valence-electron chi connectivity index (χ0n) is 4.93. The van der Waals surface area contributed by atoms with Crippen LogP contribution in [0.4, 0.5) is 0 Å². The summed E-state index contributed by atoms with van der Waals surface area (Å²) in [6.07, 6.45) is 0. The molecule has 0 aromatic heterocycles. The quantitative estimate of drug-likeness (QED) is 0.205. The van der Waals surface area contributed by atoms with Crippen molar-refractivity contribution < 1.29 is 17.5 Å². The molecule has 0 atom stereocenters. The van der Waals surface area contributed by atoms with Crippen LogP contribution in [-0.4, -0.2) is 17.5 Å². The molecule has 0 bridgehead atoms. The summed E-state index contributed by atoms with van der Waals surface area (Å²) in [7, 11) is -4.67. The minimum atomic E-state index is -4.67. The molecule has 0 rings (SSSR count). The predicted molar refractivity (Wildman–Crippen MR) is 38.8 cm³/mol. The number of thiocyanates is 1. The first kappa shape index (κ1) is 22.6. The Labute approximate surface area is 64.2 Å². The Bertz CT molecular complexity index is 159. The van der Waals surface area contributed by atoms with Crippen molar-refractivity contribution in [1.29, 1.82) is 5.26 Å². The van der Waals surface area contributed by atoms with Gasteiger partial charge in [0.1, 0.15) is 5.40 Å². The maximum atomic E-state index is 8.74. The van der Waals surface area contributed by atoms with Gasteiger partial charge in [0.15, 0.2) is 0 Å². The molecule has 0 saturated carbocycles. The average Bonchev–Trinajstić information content (AvgIpc) is 1.27. The Morgan fingerprint density at radius 2 is 1.30 bits per heavy atom. The molecule has 9 heteroatoms. The van der Waals surface area contributed by atoms with Gasteiger partial charge in [-0.3, -0.25) is 9.11 Å². The van der Waals surface area contributed by atoms with Crippen LogP contribution >= 0.6 is 12.6 Å². The van der Waals surface area contributed by atoms with E-state index < -0.39 is 10.4 Å². The molecule has 0 amide bonds. The van der Waals surface area contributed by atoms with Crippen LogP contribution in [0.5, 0.6) is 0 Å². The molecule has 0 radical (unpaired) electrons. The normalized spacial score (nSPS) is 6.60. The van der Waals surface area contributed by atoms with E-state index in [1.165, 1.54) is 5.40 Å². The van der Waals surface area contributed by atoms with Crippen molar-refractivity contribution in [2.24, 2.45) is 0 Å². The number of thiol groups is 1. The van der Waals surface area contributed by atoms with Crippen molar-refractivity contribution in [3.8, 4) is 5.40 Å². The summed E-state index contributed by atoms with van der Waals surface area (Å²) in [6, 6.07) is 0. The lowest BCUT2D eigenvalue weighted by Gasteiger charge is -1.68. The lowest BCUT2D eigenvalue weighted by atomic mass is 11.8. The van der Waals surface area contributed by atoms with Gasteiger partial charge in [0.05, 0.1) is 0 Å². The molecular weight excluding hydrogens is 182 g/mol. The predicted octanol–water partition coefficient (Wildman–Crippen LogP) is 0.0685. The first-order valence-corrected chi connectivity index (χ1v) is 2.99. The molecule has 0 saturated heterocycles. The van der Waals surface area contributed by atoms with E-state index in [0.29, 0.717) is 0 Å². The van der Waals surface area contributed by atoms with Gasteiger partial charge in [0.25, 0.3) is 0 Å². The lowest BCUT2D eigenvalue weighted by Crippen LogP contribution is -1.89. The van der Waals surface area contributed by atoms with Crippen LogP contribution in [0.25, 0.3) is 0 Å². The van der Waals surface area contributed by atoms with Crippen LogP contribution in [-0.2, 0) is 10.4 Å². The van der Waals surface area contributed by atoms with Crippen molar-refractivity contribution in [3.05, 3.63) is 0 Å². The van der Waals surface area contributed by atoms with Gasteiger partial charge in [-0.15, -0.1) is 0 Å². The second-order valence-corrected chi connectivity index (χ2v) is 1.64. The number of nitrogens with zero attached hydrogens (tertiary/aromatic N) is 1. The molecule has 0 spiro atoms. The molecule has 0 aliphatic heterocycles. The van der Waals surface area contributed by atoms with Gasteiger partial charge in [0.2, 0.25) is 0 Å². The zero-order valence-corrected chi connectivity index (χ0v) is 6.64. The summed E-state index contributed by atoms with van der Waals surface area (Å²) in [5.41, 5.74) is 0. The van der Waals surface area contributed by atoms with Crippen LogP contribution in [0.3, 0.4) is 0 Å². The fourth-order valence-corrected chi connectivity index (χ4v) is 0.